The number of morpholine rings is 1. The summed E-state index contributed by atoms with van der Waals surface area (Å²) in [6.07, 6.45) is 0. The van der Waals surface area contributed by atoms with E-state index < -0.39 is 15.8 Å². The minimum absolute atomic E-state index is 0.161. The van der Waals surface area contributed by atoms with Gasteiger partial charge in [0.15, 0.2) is 0 Å². The highest BCUT2D eigenvalue weighted by Crippen LogP contribution is 2.22. The molecule has 0 bridgehead atoms. The van der Waals surface area contributed by atoms with Gasteiger partial charge in [0, 0.05) is 36.4 Å². The summed E-state index contributed by atoms with van der Waals surface area (Å²) in [5.41, 5.74) is 0.460. The fraction of sp³-hybridized carbons (Fsp3) is 0.381. The molecular formula is C21H25ClFN3O4S. The molecule has 7 nitrogen and oxygen atoms in total. The second kappa shape index (κ2) is 9.52. The Hall–Kier alpha value is -2.20. The summed E-state index contributed by atoms with van der Waals surface area (Å²) < 4.78 is 46.0. The van der Waals surface area contributed by atoms with Crippen LogP contribution in [0.3, 0.4) is 0 Å². The number of benzene rings is 2. The summed E-state index contributed by atoms with van der Waals surface area (Å²) in [4.78, 5) is 14.6. The molecule has 1 heterocycles. The minimum atomic E-state index is -3.95. The van der Waals surface area contributed by atoms with Crippen molar-refractivity contribution in [3.05, 3.63) is 58.9 Å². The van der Waals surface area contributed by atoms with E-state index in [2.05, 4.69) is 28.8 Å². The Morgan fingerprint density at radius 2 is 1.81 bits per heavy atom. The molecule has 0 aliphatic carbocycles. The van der Waals surface area contributed by atoms with Crippen LogP contribution in [0.4, 0.5) is 10.1 Å². The zero-order chi connectivity index (χ0) is 22.6. The van der Waals surface area contributed by atoms with E-state index in [1.807, 2.05) is 0 Å². The van der Waals surface area contributed by atoms with Crippen molar-refractivity contribution in [1.82, 2.24) is 10.2 Å². The van der Waals surface area contributed by atoms with E-state index in [4.69, 9.17) is 16.3 Å². The topological polar surface area (TPSA) is 87.7 Å². The molecule has 10 heteroatoms. The fourth-order valence-corrected chi connectivity index (χ4v) is 4.56. The van der Waals surface area contributed by atoms with Crippen LogP contribution < -0.4 is 10.0 Å². The lowest BCUT2D eigenvalue weighted by atomic mass is 10.0. The summed E-state index contributed by atoms with van der Waals surface area (Å²) in [6, 6.07) is 9.20. The number of nitrogens with zero attached hydrogens (tertiary/aromatic N) is 1. The molecule has 168 valence electrons. The van der Waals surface area contributed by atoms with Gasteiger partial charge in [0.1, 0.15) is 5.82 Å². The number of ether oxygens (including phenoxy) is 1. The van der Waals surface area contributed by atoms with Crippen LogP contribution in [0.25, 0.3) is 0 Å². The largest absolute Gasteiger partial charge is 0.379 e. The molecule has 3 rings (SSSR count). The number of carbonyl (C=O) groups excluding carboxylic acids is 1. The number of rotatable bonds is 7. The van der Waals surface area contributed by atoms with E-state index in [0.29, 0.717) is 25.3 Å². The lowest BCUT2D eigenvalue weighted by Gasteiger charge is -2.40. The van der Waals surface area contributed by atoms with Crippen molar-refractivity contribution in [3.63, 3.8) is 0 Å². The Morgan fingerprint density at radius 1 is 1.16 bits per heavy atom. The van der Waals surface area contributed by atoms with Gasteiger partial charge in [-0.15, -0.1) is 0 Å². The predicted octanol–water partition coefficient (Wildman–Crippen LogP) is 3.12. The first-order chi connectivity index (χ1) is 14.6. The second-order valence-corrected chi connectivity index (χ2v) is 9.94. The first-order valence-corrected chi connectivity index (χ1v) is 11.6. The van der Waals surface area contributed by atoms with E-state index in [-0.39, 0.29) is 27.1 Å². The molecule has 1 amide bonds. The maximum absolute atomic E-state index is 13.3. The van der Waals surface area contributed by atoms with Crippen molar-refractivity contribution in [2.24, 2.45) is 0 Å². The number of hydrogen-bond donors (Lipinski definition) is 2. The average molecular weight is 470 g/mol. The lowest BCUT2D eigenvalue weighted by Crippen LogP contribution is -2.55. The van der Waals surface area contributed by atoms with E-state index in [1.54, 1.807) is 0 Å². The summed E-state index contributed by atoms with van der Waals surface area (Å²) in [6.45, 7) is 7.59. The zero-order valence-electron chi connectivity index (χ0n) is 17.3. The molecule has 2 aromatic carbocycles. The van der Waals surface area contributed by atoms with Gasteiger partial charge in [0.05, 0.1) is 23.1 Å². The first-order valence-electron chi connectivity index (χ1n) is 9.77. The van der Waals surface area contributed by atoms with Gasteiger partial charge < -0.3 is 10.1 Å². The van der Waals surface area contributed by atoms with E-state index in [0.717, 1.165) is 31.3 Å². The zero-order valence-corrected chi connectivity index (χ0v) is 18.9. The highest BCUT2D eigenvalue weighted by molar-refractivity contribution is 7.92. The van der Waals surface area contributed by atoms with Crippen molar-refractivity contribution in [1.29, 1.82) is 0 Å². The van der Waals surface area contributed by atoms with Gasteiger partial charge in [-0.25, -0.2) is 12.8 Å². The number of amides is 1. The normalized spacial score (nSPS) is 15.5. The molecule has 31 heavy (non-hydrogen) atoms. The van der Waals surface area contributed by atoms with Crippen LogP contribution >= 0.6 is 11.6 Å². The maximum atomic E-state index is 13.3. The third kappa shape index (κ3) is 5.94. The third-order valence-corrected chi connectivity index (χ3v) is 6.82. The maximum Gasteiger partial charge on any atom is 0.261 e. The highest BCUT2D eigenvalue weighted by Gasteiger charge is 2.28. The molecule has 0 spiro atoms. The van der Waals surface area contributed by atoms with E-state index in [1.165, 1.54) is 24.3 Å². The molecular weight excluding hydrogens is 445 g/mol. The summed E-state index contributed by atoms with van der Waals surface area (Å²) in [5.74, 6) is -0.950. The van der Waals surface area contributed by atoms with Crippen molar-refractivity contribution >= 4 is 33.2 Å². The van der Waals surface area contributed by atoms with Crippen LogP contribution in [0.2, 0.25) is 5.02 Å². The van der Waals surface area contributed by atoms with Crippen LogP contribution in [0, 0.1) is 5.82 Å². The molecule has 2 N–H and O–H groups in total. The van der Waals surface area contributed by atoms with Crippen LogP contribution in [0.5, 0.6) is 0 Å². The number of halogens is 2. The molecule has 2 aromatic rings. The average Bonchev–Trinajstić information content (AvgIpc) is 2.75. The second-order valence-electron chi connectivity index (χ2n) is 7.85. The molecule has 0 aromatic heterocycles. The Morgan fingerprint density at radius 3 is 2.42 bits per heavy atom. The molecule has 1 fully saturated rings. The van der Waals surface area contributed by atoms with Crippen molar-refractivity contribution in [2.45, 2.75) is 24.3 Å². The van der Waals surface area contributed by atoms with Crippen LogP contribution in [0.15, 0.2) is 47.4 Å². The fourth-order valence-electron chi connectivity index (χ4n) is 3.23. The molecule has 0 saturated carbocycles. The molecule has 0 atom stereocenters. The number of carbonyl (C=O) groups is 1. The monoisotopic (exact) mass is 469 g/mol. The Balaban J connectivity index is 1.61. The summed E-state index contributed by atoms with van der Waals surface area (Å²) >= 11 is 5.67. The smallest absolute Gasteiger partial charge is 0.261 e. The quantitative estimate of drug-likeness (QED) is 0.650. The van der Waals surface area contributed by atoms with Crippen LogP contribution in [-0.4, -0.2) is 57.6 Å². The van der Waals surface area contributed by atoms with Gasteiger partial charge in [-0.1, -0.05) is 11.6 Å². The van der Waals surface area contributed by atoms with Crippen molar-refractivity contribution in [3.8, 4) is 0 Å². The van der Waals surface area contributed by atoms with Gasteiger partial charge in [-0.05, 0) is 56.3 Å². The minimum Gasteiger partial charge on any atom is -0.379 e. The number of anilines is 1. The lowest BCUT2D eigenvalue weighted by molar-refractivity contribution is -0.00923. The molecule has 0 radical (unpaired) electrons. The van der Waals surface area contributed by atoms with Crippen molar-refractivity contribution < 1.29 is 22.3 Å². The van der Waals surface area contributed by atoms with Gasteiger partial charge in [-0.3, -0.25) is 14.4 Å². The van der Waals surface area contributed by atoms with Crippen molar-refractivity contribution in [2.75, 3.05) is 37.6 Å². The number of nitrogens with one attached hydrogen (secondary N) is 2. The highest BCUT2D eigenvalue weighted by atomic mass is 35.5. The molecule has 0 unspecified atom stereocenters. The van der Waals surface area contributed by atoms with Gasteiger partial charge in [0.25, 0.3) is 15.9 Å². The first kappa shape index (κ1) is 23.5. The van der Waals surface area contributed by atoms with Crippen LogP contribution in [0.1, 0.15) is 24.2 Å². The Labute approximate surface area is 186 Å². The van der Waals surface area contributed by atoms with Gasteiger partial charge in [-0.2, -0.15) is 0 Å². The van der Waals surface area contributed by atoms with Gasteiger partial charge in [0.2, 0.25) is 0 Å². The summed E-state index contributed by atoms with van der Waals surface area (Å²) in [5, 5.41) is 2.65. The molecule has 1 aliphatic rings. The van der Waals surface area contributed by atoms with Crippen LogP contribution in [-0.2, 0) is 14.8 Å². The van der Waals surface area contributed by atoms with E-state index in [9.17, 15) is 17.6 Å². The Kier molecular flexibility index (Phi) is 7.20. The standard InChI is InChI=1S/C21H25ClFN3O4S/c1-21(2,26-9-11-30-12-10-26)14-24-20(27)15-3-5-16(6-4-15)25-31(28,29)17-7-8-19(23)18(22)13-17/h3-8,13,25H,9-12,14H2,1-2H3,(H,24,27). The summed E-state index contributed by atoms with van der Waals surface area (Å²) in [7, 11) is -3.95. The van der Waals surface area contributed by atoms with Gasteiger partial charge >= 0.3 is 0 Å². The number of hydrogen-bond acceptors (Lipinski definition) is 5. The van der Waals surface area contributed by atoms with E-state index >= 15 is 0 Å². The molecule has 1 saturated heterocycles. The SMILES string of the molecule is CC(C)(CNC(=O)c1ccc(NS(=O)(=O)c2ccc(F)c(Cl)c2)cc1)N1CCOCC1. The third-order valence-electron chi connectivity index (χ3n) is 5.15. The number of sulfonamides is 1. The predicted molar refractivity (Wildman–Crippen MR) is 117 cm³/mol. The Bertz CT molecular complexity index is 1040. The molecule has 1 aliphatic heterocycles.